The Labute approximate surface area is 135 Å². The summed E-state index contributed by atoms with van der Waals surface area (Å²) in [6.07, 6.45) is 0. The number of rotatable bonds is 8. The number of halogens is 1. The summed E-state index contributed by atoms with van der Waals surface area (Å²) in [6.45, 7) is 3.08. The third kappa shape index (κ3) is 4.19. The van der Waals surface area contributed by atoms with E-state index in [1.165, 1.54) is 18.7 Å². The third-order valence-electron chi connectivity index (χ3n) is 2.85. The predicted octanol–water partition coefficient (Wildman–Crippen LogP) is 0.582. The van der Waals surface area contributed by atoms with Crippen LogP contribution in [-0.2, 0) is 31.3 Å². The van der Waals surface area contributed by atoms with Gasteiger partial charge in [-0.3, -0.25) is 9.48 Å². The average Bonchev–Trinajstić information content (AvgIpc) is 2.68. The molecule has 0 fully saturated rings. The zero-order chi connectivity index (χ0) is 16.9. The first kappa shape index (κ1) is 18.9. The largest absolute Gasteiger partial charge is 0.465 e. The number of hydrogen-bond acceptors (Lipinski definition) is 6. The minimum atomic E-state index is -3.99. The van der Waals surface area contributed by atoms with E-state index < -0.39 is 22.5 Å². The van der Waals surface area contributed by atoms with Crippen LogP contribution >= 0.6 is 11.6 Å². The first-order valence-corrected chi connectivity index (χ1v) is 8.41. The topological polar surface area (TPSA) is 90.7 Å². The highest BCUT2D eigenvalue weighted by atomic mass is 35.5. The molecule has 0 aliphatic carbocycles. The second kappa shape index (κ2) is 7.91. The fourth-order valence-corrected chi connectivity index (χ4v) is 3.94. The van der Waals surface area contributed by atoms with E-state index in [0.717, 1.165) is 4.31 Å². The molecule has 22 heavy (non-hydrogen) atoms. The van der Waals surface area contributed by atoms with Crippen LogP contribution in [0.4, 0.5) is 0 Å². The van der Waals surface area contributed by atoms with Crippen LogP contribution < -0.4 is 0 Å². The SMILES string of the molecule is CCOC(=O)CN(CCOC)S(=O)(=O)c1c(C)nn(C)c1Cl. The number of carbonyl (C=O) groups is 1. The van der Waals surface area contributed by atoms with Gasteiger partial charge in [0, 0.05) is 20.7 Å². The van der Waals surface area contributed by atoms with Crippen LogP contribution in [-0.4, -0.2) is 61.9 Å². The number of ether oxygens (including phenoxy) is 2. The summed E-state index contributed by atoms with van der Waals surface area (Å²) in [4.78, 5) is 11.5. The molecule has 0 aliphatic rings. The highest BCUT2D eigenvalue weighted by molar-refractivity contribution is 7.89. The fraction of sp³-hybridized carbons (Fsp3) is 0.667. The molecular weight excluding hydrogens is 334 g/mol. The van der Waals surface area contributed by atoms with Gasteiger partial charge < -0.3 is 9.47 Å². The molecule has 0 aromatic carbocycles. The number of carbonyl (C=O) groups excluding carboxylic acids is 1. The normalized spacial score (nSPS) is 11.9. The number of hydrogen-bond donors (Lipinski definition) is 0. The van der Waals surface area contributed by atoms with Gasteiger partial charge in [0.15, 0.2) is 0 Å². The van der Waals surface area contributed by atoms with Crippen LogP contribution in [0.15, 0.2) is 4.90 Å². The van der Waals surface area contributed by atoms with Crippen LogP contribution in [0.5, 0.6) is 0 Å². The zero-order valence-corrected chi connectivity index (χ0v) is 14.6. The molecule has 0 radical (unpaired) electrons. The van der Waals surface area contributed by atoms with E-state index in [1.807, 2.05) is 0 Å². The van der Waals surface area contributed by atoms with Gasteiger partial charge in [-0.25, -0.2) is 8.42 Å². The molecule has 8 nitrogen and oxygen atoms in total. The molecule has 1 heterocycles. The highest BCUT2D eigenvalue weighted by Gasteiger charge is 2.32. The molecule has 0 saturated carbocycles. The van der Waals surface area contributed by atoms with Crippen molar-refractivity contribution in [1.82, 2.24) is 14.1 Å². The lowest BCUT2D eigenvalue weighted by atomic mass is 10.5. The first-order valence-electron chi connectivity index (χ1n) is 6.59. The van der Waals surface area contributed by atoms with Crippen LogP contribution in [0.1, 0.15) is 12.6 Å². The fourth-order valence-electron chi connectivity index (χ4n) is 1.86. The summed E-state index contributed by atoms with van der Waals surface area (Å²) < 4.78 is 37.5. The van der Waals surface area contributed by atoms with Crippen molar-refractivity contribution in [3.63, 3.8) is 0 Å². The smallest absolute Gasteiger partial charge is 0.321 e. The Bertz CT molecular complexity index is 629. The number of aromatic nitrogens is 2. The van der Waals surface area contributed by atoms with E-state index in [-0.39, 0.29) is 35.5 Å². The minimum Gasteiger partial charge on any atom is -0.465 e. The van der Waals surface area contributed by atoms with E-state index in [4.69, 9.17) is 21.1 Å². The van der Waals surface area contributed by atoms with Gasteiger partial charge in [0.25, 0.3) is 0 Å². The van der Waals surface area contributed by atoms with Gasteiger partial charge in [0.05, 0.1) is 18.9 Å². The van der Waals surface area contributed by atoms with Crippen molar-refractivity contribution >= 4 is 27.6 Å². The van der Waals surface area contributed by atoms with Crippen molar-refractivity contribution in [1.29, 1.82) is 0 Å². The molecule has 0 atom stereocenters. The summed E-state index contributed by atoms with van der Waals surface area (Å²) in [6, 6.07) is 0. The van der Waals surface area contributed by atoms with Gasteiger partial charge in [-0.1, -0.05) is 11.6 Å². The molecule has 0 saturated heterocycles. The van der Waals surface area contributed by atoms with Crippen molar-refractivity contribution in [2.75, 3.05) is 33.4 Å². The Kier molecular flexibility index (Phi) is 6.79. The lowest BCUT2D eigenvalue weighted by Gasteiger charge is -2.20. The van der Waals surface area contributed by atoms with Crippen LogP contribution in [0.25, 0.3) is 0 Å². The maximum Gasteiger partial charge on any atom is 0.321 e. The van der Waals surface area contributed by atoms with Crippen molar-refractivity contribution in [3.05, 3.63) is 10.8 Å². The molecule has 0 bridgehead atoms. The summed E-state index contributed by atoms with van der Waals surface area (Å²) in [7, 11) is -1.01. The number of esters is 1. The van der Waals surface area contributed by atoms with E-state index in [0.29, 0.717) is 0 Å². The summed E-state index contributed by atoms with van der Waals surface area (Å²) in [5, 5.41) is 3.98. The Morgan fingerprint density at radius 2 is 2.09 bits per heavy atom. The van der Waals surface area contributed by atoms with Gasteiger partial charge in [0.2, 0.25) is 10.0 Å². The molecule has 1 aromatic heterocycles. The quantitative estimate of drug-likeness (QED) is 0.635. The van der Waals surface area contributed by atoms with E-state index in [1.54, 1.807) is 14.0 Å². The number of nitrogens with zero attached hydrogens (tertiary/aromatic N) is 3. The Morgan fingerprint density at radius 3 is 2.55 bits per heavy atom. The van der Waals surface area contributed by atoms with Gasteiger partial charge in [-0.15, -0.1) is 0 Å². The second-order valence-electron chi connectivity index (χ2n) is 4.47. The second-order valence-corrected chi connectivity index (χ2v) is 6.70. The molecule has 126 valence electrons. The lowest BCUT2D eigenvalue weighted by Crippen LogP contribution is -2.39. The third-order valence-corrected chi connectivity index (χ3v) is 5.40. The predicted molar refractivity (Wildman–Crippen MR) is 80.2 cm³/mol. The van der Waals surface area contributed by atoms with Gasteiger partial charge >= 0.3 is 5.97 Å². The number of methoxy groups -OCH3 is 1. The Balaban J connectivity index is 3.17. The Hall–Kier alpha value is -1.16. The maximum atomic E-state index is 12.8. The molecule has 0 aliphatic heterocycles. The molecule has 10 heteroatoms. The van der Waals surface area contributed by atoms with Gasteiger partial charge in [-0.05, 0) is 13.8 Å². The van der Waals surface area contributed by atoms with Gasteiger partial charge in [-0.2, -0.15) is 9.40 Å². The molecule has 0 amide bonds. The lowest BCUT2D eigenvalue weighted by molar-refractivity contribution is -0.143. The van der Waals surface area contributed by atoms with E-state index in [2.05, 4.69) is 5.10 Å². The van der Waals surface area contributed by atoms with Crippen LogP contribution in [0.3, 0.4) is 0 Å². The van der Waals surface area contributed by atoms with Crippen LogP contribution in [0, 0.1) is 6.92 Å². The van der Waals surface area contributed by atoms with Crippen molar-refractivity contribution in [3.8, 4) is 0 Å². The monoisotopic (exact) mass is 353 g/mol. The van der Waals surface area contributed by atoms with E-state index >= 15 is 0 Å². The summed E-state index contributed by atoms with van der Waals surface area (Å²) >= 11 is 6.02. The van der Waals surface area contributed by atoms with E-state index in [9.17, 15) is 13.2 Å². The first-order chi connectivity index (χ1) is 10.3. The van der Waals surface area contributed by atoms with Crippen LogP contribution in [0.2, 0.25) is 5.15 Å². The summed E-state index contributed by atoms with van der Waals surface area (Å²) in [5.41, 5.74) is 0.263. The van der Waals surface area contributed by atoms with Crippen molar-refractivity contribution in [2.24, 2.45) is 7.05 Å². The minimum absolute atomic E-state index is 0.00229. The van der Waals surface area contributed by atoms with Gasteiger partial charge in [0.1, 0.15) is 16.6 Å². The molecule has 1 aromatic rings. The number of aryl methyl sites for hydroxylation is 2. The molecular formula is C12H20ClN3O5S. The highest BCUT2D eigenvalue weighted by Crippen LogP contribution is 2.27. The average molecular weight is 354 g/mol. The zero-order valence-electron chi connectivity index (χ0n) is 13.0. The standard InChI is InChI=1S/C12H20ClN3O5S/c1-5-21-10(17)8-16(6-7-20-4)22(18,19)11-9(2)14-15(3)12(11)13/h5-8H2,1-4H3. The number of sulfonamides is 1. The molecule has 0 unspecified atom stereocenters. The maximum absolute atomic E-state index is 12.8. The summed E-state index contributed by atoms with van der Waals surface area (Å²) in [5.74, 6) is -0.639. The van der Waals surface area contributed by atoms with Crippen molar-refractivity contribution in [2.45, 2.75) is 18.7 Å². The molecule has 0 N–H and O–H groups in total. The Morgan fingerprint density at radius 1 is 1.45 bits per heavy atom. The van der Waals surface area contributed by atoms with Crippen molar-refractivity contribution < 1.29 is 22.7 Å². The molecule has 1 rings (SSSR count). The molecule has 0 spiro atoms.